The fraction of sp³-hybridized carbons (Fsp3) is 0.381. The molecule has 4 nitrogen and oxygen atoms in total. The van der Waals surface area contributed by atoms with Gasteiger partial charge in [0.25, 0.3) is 0 Å². The molecule has 2 rings (SSSR count). The smallest absolute Gasteiger partial charge is 0.303 e. The Morgan fingerprint density at radius 2 is 1.16 bits per heavy atom. The molecule has 4 heteroatoms. The van der Waals surface area contributed by atoms with E-state index in [0.717, 1.165) is 33.4 Å². The van der Waals surface area contributed by atoms with Crippen LogP contribution in [0.5, 0.6) is 11.5 Å². The summed E-state index contributed by atoms with van der Waals surface area (Å²) in [5.74, 6) is -0.310. The van der Waals surface area contributed by atoms with Gasteiger partial charge in [-0.25, -0.2) is 0 Å². The van der Waals surface area contributed by atoms with Crippen molar-refractivity contribution in [2.75, 3.05) is 0 Å². The number of aromatic hydroxyl groups is 2. The molecule has 0 fully saturated rings. The number of hydrogen-bond donors (Lipinski definition) is 3. The number of carboxylic acids is 1. The van der Waals surface area contributed by atoms with Gasteiger partial charge in [0.2, 0.25) is 0 Å². The molecule has 0 amide bonds. The summed E-state index contributed by atoms with van der Waals surface area (Å²) in [5, 5.41) is 29.4. The minimum atomic E-state index is -0.842. The van der Waals surface area contributed by atoms with Crippen molar-refractivity contribution in [3.05, 3.63) is 57.6 Å². The summed E-state index contributed by atoms with van der Waals surface area (Å²) in [6, 6.07) is 7.67. The van der Waals surface area contributed by atoms with Gasteiger partial charge in [-0.1, -0.05) is 31.2 Å². The summed E-state index contributed by atoms with van der Waals surface area (Å²) in [6.45, 7) is 9.40. The van der Waals surface area contributed by atoms with Crippen molar-refractivity contribution in [1.82, 2.24) is 0 Å². The average molecular weight is 342 g/mol. The molecule has 0 bridgehead atoms. The maximum Gasteiger partial charge on any atom is 0.303 e. The molecule has 3 N–H and O–H groups in total. The standard InChI is InChI=1S/C21H26O4/c1-12-8-16(9-13(2)19(12)24)21(5,7-6-18(22)23)17-10-14(3)20(25)15(4)11-17/h8-11,24-25H,6-7H2,1-5H3,(H,22,23). The second-order valence-electron chi connectivity index (χ2n) is 7.14. The second kappa shape index (κ2) is 6.79. The third-order valence-corrected chi connectivity index (χ3v) is 5.10. The van der Waals surface area contributed by atoms with Crippen LogP contribution in [0.15, 0.2) is 24.3 Å². The molecule has 2 aromatic rings. The topological polar surface area (TPSA) is 77.8 Å². The Morgan fingerprint density at radius 3 is 1.44 bits per heavy atom. The first-order chi connectivity index (χ1) is 11.6. The summed E-state index contributed by atoms with van der Waals surface area (Å²) in [5.41, 5.74) is 4.46. The van der Waals surface area contributed by atoms with Gasteiger partial charge in [0.05, 0.1) is 0 Å². The SMILES string of the molecule is Cc1cc(C(C)(CCC(=O)O)c2cc(C)c(O)c(C)c2)cc(C)c1O. The zero-order valence-electron chi connectivity index (χ0n) is 15.5. The van der Waals surface area contributed by atoms with Crippen LogP contribution < -0.4 is 0 Å². The van der Waals surface area contributed by atoms with Crippen molar-refractivity contribution in [1.29, 1.82) is 0 Å². The van der Waals surface area contributed by atoms with Gasteiger partial charge in [0.1, 0.15) is 11.5 Å². The fourth-order valence-corrected chi connectivity index (χ4v) is 3.36. The first-order valence-electron chi connectivity index (χ1n) is 8.39. The number of rotatable bonds is 5. The molecule has 0 saturated carbocycles. The molecule has 0 spiro atoms. The van der Waals surface area contributed by atoms with Crippen LogP contribution in [-0.2, 0) is 10.2 Å². The van der Waals surface area contributed by atoms with E-state index in [1.807, 2.05) is 58.9 Å². The fourth-order valence-electron chi connectivity index (χ4n) is 3.36. The van der Waals surface area contributed by atoms with E-state index < -0.39 is 11.4 Å². The normalized spacial score (nSPS) is 11.6. The highest BCUT2D eigenvalue weighted by molar-refractivity contribution is 5.67. The van der Waals surface area contributed by atoms with Gasteiger partial charge in [-0.3, -0.25) is 4.79 Å². The van der Waals surface area contributed by atoms with Crippen LogP contribution in [0.1, 0.15) is 53.1 Å². The van der Waals surface area contributed by atoms with E-state index >= 15 is 0 Å². The van der Waals surface area contributed by atoms with Crippen molar-refractivity contribution >= 4 is 5.97 Å². The van der Waals surface area contributed by atoms with E-state index in [9.17, 15) is 20.1 Å². The number of phenolic OH excluding ortho intramolecular Hbond substituents is 2. The lowest BCUT2D eigenvalue weighted by Crippen LogP contribution is -2.25. The Morgan fingerprint density at radius 1 is 0.840 bits per heavy atom. The first-order valence-corrected chi connectivity index (χ1v) is 8.39. The minimum absolute atomic E-state index is 0.0362. The first kappa shape index (κ1) is 18.8. The van der Waals surface area contributed by atoms with Crippen LogP contribution in [0.25, 0.3) is 0 Å². The highest BCUT2D eigenvalue weighted by Crippen LogP contribution is 2.41. The van der Waals surface area contributed by atoms with Gasteiger partial charge in [-0.15, -0.1) is 0 Å². The van der Waals surface area contributed by atoms with Gasteiger partial charge in [-0.05, 0) is 67.5 Å². The van der Waals surface area contributed by atoms with Gasteiger partial charge in [0, 0.05) is 11.8 Å². The van der Waals surface area contributed by atoms with E-state index in [0.29, 0.717) is 6.42 Å². The van der Waals surface area contributed by atoms with Crippen LogP contribution in [0.2, 0.25) is 0 Å². The van der Waals surface area contributed by atoms with Crippen LogP contribution in [0.4, 0.5) is 0 Å². The lowest BCUT2D eigenvalue weighted by Gasteiger charge is -2.32. The summed E-state index contributed by atoms with van der Waals surface area (Å²) in [7, 11) is 0. The highest BCUT2D eigenvalue weighted by Gasteiger charge is 2.31. The molecular formula is C21H26O4. The van der Waals surface area contributed by atoms with E-state index in [2.05, 4.69) is 0 Å². The third kappa shape index (κ3) is 3.63. The predicted octanol–water partition coefficient (Wildman–Crippen LogP) is 4.50. The summed E-state index contributed by atoms with van der Waals surface area (Å²) in [6.07, 6.45) is 0.462. The molecule has 134 valence electrons. The van der Waals surface area contributed by atoms with Crippen LogP contribution in [-0.4, -0.2) is 21.3 Å². The van der Waals surface area contributed by atoms with Crippen LogP contribution in [0.3, 0.4) is 0 Å². The number of aliphatic carboxylic acids is 1. The number of aryl methyl sites for hydroxylation is 4. The Hall–Kier alpha value is -2.49. The van der Waals surface area contributed by atoms with Crippen LogP contribution >= 0.6 is 0 Å². The molecule has 0 aromatic heterocycles. The number of hydrogen-bond acceptors (Lipinski definition) is 3. The quantitative estimate of drug-likeness (QED) is 0.747. The van der Waals surface area contributed by atoms with Crippen molar-refractivity contribution < 1.29 is 20.1 Å². The van der Waals surface area contributed by atoms with Crippen molar-refractivity contribution in [3.63, 3.8) is 0 Å². The highest BCUT2D eigenvalue weighted by atomic mass is 16.4. The Kier molecular flexibility index (Phi) is 5.12. The van der Waals surface area contributed by atoms with Crippen molar-refractivity contribution in [2.45, 2.75) is 52.9 Å². The number of phenols is 2. The zero-order chi connectivity index (χ0) is 18.9. The number of benzene rings is 2. The van der Waals surface area contributed by atoms with E-state index in [4.69, 9.17) is 0 Å². The average Bonchev–Trinajstić information content (AvgIpc) is 2.54. The van der Waals surface area contributed by atoms with Gasteiger partial charge < -0.3 is 15.3 Å². The molecule has 2 aromatic carbocycles. The van der Waals surface area contributed by atoms with Crippen LogP contribution in [0, 0.1) is 27.7 Å². The van der Waals surface area contributed by atoms with Gasteiger partial charge >= 0.3 is 5.97 Å². The zero-order valence-corrected chi connectivity index (χ0v) is 15.5. The Balaban J connectivity index is 2.68. The predicted molar refractivity (Wildman–Crippen MR) is 98.5 cm³/mol. The molecule has 0 atom stereocenters. The molecule has 0 saturated heterocycles. The third-order valence-electron chi connectivity index (χ3n) is 5.10. The molecule has 25 heavy (non-hydrogen) atoms. The maximum atomic E-state index is 11.2. The van der Waals surface area contributed by atoms with Gasteiger partial charge in [-0.2, -0.15) is 0 Å². The van der Waals surface area contributed by atoms with E-state index in [-0.39, 0.29) is 17.9 Å². The van der Waals surface area contributed by atoms with Gasteiger partial charge in [0.15, 0.2) is 0 Å². The Labute approximate surface area is 148 Å². The summed E-state index contributed by atoms with van der Waals surface area (Å²) < 4.78 is 0. The minimum Gasteiger partial charge on any atom is -0.507 e. The lowest BCUT2D eigenvalue weighted by atomic mass is 9.71. The summed E-state index contributed by atoms with van der Waals surface area (Å²) >= 11 is 0. The van der Waals surface area contributed by atoms with E-state index in [1.165, 1.54) is 0 Å². The number of carboxylic acid groups (broad SMARTS) is 1. The monoisotopic (exact) mass is 342 g/mol. The lowest BCUT2D eigenvalue weighted by molar-refractivity contribution is -0.137. The molecular weight excluding hydrogens is 316 g/mol. The summed E-state index contributed by atoms with van der Waals surface area (Å²) in [4.78, 5) is 11.2. The molecule has 0 aliphatic heterocycles. The van der Waals surface area contributed by atoms with E-state index in [1.54, 1.807) is 0 Å². The number of carbonyl (C=O) groups is 1. The largest absolute Gasteiger partial charge is 0.507 e. The maximum absolute atomic E-state index is 11.2. The second-order valence-corrected chi connectivity index (χ2v) is 7.14. The molecule has 0 heterocycles. The molecule has 0 radical (unpaired) electrons. The molecule has 0 aliphatic carbocycles. The molecule has 0 unspecified atom stereocenters. The van der Waals surface area contributed by atoms with Crippen molar-refractivity contribution in [3.8, 4) is 11.5 Å². The molecule has 0 aliphatic rings. The van der Waals surface area contributed by atoms with Crippen molar-refractivity contribution in [2.24, 2.45) is 0 Å². The Bertz CT molecular complexity index is 717.